The van der Waals surface area contributed by atoms with Gasteiger partial charge in [-0.2, -0.15) is 0 Å². The molecule has 3 amide bonds. The van der Waals surface area contributed by atoms with Crippen molar-refractivity contribution in [3.8, 4) is 0 Å². The molecule has 5 heteroatoms. The summed E-state index contributed by atoms with van der Waals surface area (Å²) in [7, 11) is 0. The predicted molar refractivity (Wildman–Crippen MR) is 113 cm³/mol. The molecule has 5 nitrogen and oxygen atoms in total. The fourth-order valence-electron chi connectivity index (χ4n) is 2.67. The number of hydrogen-bond acceptors (Lipinski definition) is 3. The van der Waals surface area contributed by atoms with Gasteiger partial charge in [-0.05, 0) is 55.5 Å². The molecule has 3 rings (SSSR count). The maximum Gasteiger partial charge on any atom is 0.326 e. The molecule has 3 aromatic rings. The summed E-state index contributed by atoms with van der Waals surface area (Å²) in [5.74, 6) is -0.506. The van der Waals surface area contributed by atoms with Gasteiger partial charge in [-0.25, -0.2) is 4.79 Å². The van der Waals surface area contributed by atoms with Gasteiger partial charge in [0.2, 0.25) is 0 Å². The van der Waals surface area contributed by atoms with E-state index in [1.54, 1.807) is 19.1 Å². The largest absolute Gasteiger partial charge is 0.326 e. The van der Waals surface area contributed by atoms with Crippen molar-refractivity contribution in [3.63, 3.8) is 0 Å². The lowest BCUT2D eigenvalue weighted by molar-refractivity contribution is -0.116. The smallest absolute Gasteiger partial charge is 0.311 e. The third-order valence-electron chi connectivity index (χ3n) is 4.03. The van der Waals surface area contributed by atoms with E-state index in [4.69, 9.17) is 0 Å². The van der Waals surface area contributed by atoms with Crippen molar-refractivity contribution < 1.29 is 9.59 Å². The van der Waals surface area contributed by atoms with Crippen molar-refractivity contribution in [1.29, 1.82) is 0 Å². The average Bonchev–Trinajstić information content (AvgIpc) is 2.71. The molecule has 0 saturated carbocycles. The van der Waals surface area contributed by atoms with Crippen LogP contribution in [0, 0.1) is 0 Å². The lowest BCUT2D eigenvalue weighted by Crippen LogP contribution is -2.34. The van der Waals surface area contributed by atoms with E-state index in [9.17, 15) is 9.59 Å². The van der Waals surface area contributed by atoms with Gasteiger partial charge in [0.1, 0.15) is 0 Å². The summed E-state index contributed by atoms with van der Waals surface area (Å²) < 4.78 is 0. The molecular weight excluding hydrogens is 350 g/mol. The third-order valence-corrected chi connectivity index (χ3v) is 4.03. The lowest BCUT2D eigenvalue weighted by atomic mass is 10.2. The van der Waals surface area contributed by atoms with Gasteiger partial charge < -0.3 is 10.2 Å². The molecule has 0 saturated heterocycles. The van der Waals surface area contributed by atoms with Crippen LogP contribution in [-0.4, -0.2) is 11.9 Å². The highest BCUT2D eigenvalue weighted by Crippen LogP contribution is 2.34. The van der Waals surface area contributed by atoms with Gasteiger partial charge in [0.25, 0.3) is 5.91 Å². The molecule has 0 aromatic heterocycles. The van der Waals surface area contributed by atoms with Gasteiger partial charge in [-0.1, -0.05) is 43.0 Å². The minimum Gasteiger partial charge on any atom is -0.311 e. The summed E-state index contributed by atoms with van der Waals surface area (Å²) in [6.07, 6.45) is 0. The van der Waals surface area contributed by atoms with E-state index in [0.29, 0.717) is 5.69 Å². The second kappa shape index (κ2) is 8.68. The second-order valence-corrected chi connectivity index (χ2v) is 6.24. The van der Waals surface area contributed by atoms with E-state index >= 15 is 0 Å². The van der Waals surface area contributed by atoms with Crippen LogP contribution in [-0.2, 0) is 4.79 Å². The minimum atomic E-state index is -0.594. The van der Waals surface area contributed by atoms with Crippen LogP contribution in [0.3, 0.4) is 0 Å². The number of hydrogen-bond donors (Lipinski definition) is 2. The highest BCUT2D eigenvalue weighted by molar-refractivity contribution is 6.07. The number of rotatable bonds is 5. The van der Waals surface area contributed by atoms with Gasteiger partial charge in [0.05, 0.1) is 0 Å². The van der Waals surface area contributed by atoms with Gasteiger partial charge in [-0.3, -0.25) is 10.1 Å². The monoisotopic (exact) mass is 371 g/mol. The highest BCUT2D eigenvalue weighted by atomic mass is 16.2. The summed E-state index contributed by atoms with van der Waals surface area (Å²) in [5.41, 5.74) is 3.85. The van der Waals surface area contributed by atoms with Crippen molar-refractivity contribution >= 4 is 34.7 Å². The maximum atomic E-state index is 11.9. The third kappa shape index (κ3) is 4.65. The van der Waals surface area contributed by atoms with Crippen LogP contribution >= 0.6 is 0 Å². The average molecular weight is 371 g/mol. The first-order valence-electron chi connectivity index (χ1n) is 8.83. The Morgan fingerprint density at radius 2 is 1.21 bits per heavy atom. The summed E-state index contributed by atoms with van der Waals surface area (Å²) >= 11 is 0. The number of carbonyl (C=O) groups excluding carboxylic acids is 2. The molecule has 2 N–H and O–H groups in total. The number of urea groups is 1. The molecule has 0 fully saturated rings. The van der Waals surface area contributed by atoms with Crippen LogP contribution in [0.2, 0.25) is 0 Å². The number of anilines is 4. The zero-order chi connectivity index (χ0) is 19.9. The lowest BCUT2D eigenvalue weighted by Gasteiger charge is -2.25. The summed E-state index contributed by atoms with van der Waals surface area (Å²) in [6.45, 7) is 5.05. The molecular formula is C23H21N3O2. The number of benzene rings is 3. The normalized spacial score (nSPS) is 10.0. The maximum absolute atomic E-state index is 11.9. The summed E-state index contributed by atoms with van der Waals surface area (Å²) in [4.78, 5) is 25.5. The molecule has 0 heterocycles. The van der Waals surface area contributed by atoms with Crippen molar-refractivity contribution in [2.24, 2.45) is 0 Å². The Kier molecular flexibility index (Phi) is 5.87. The van der Waals surface area contributed by atoms with E-state index < -0.39 is 11.9 Å². The van der Waals surface area contributed by atoms with Crippen molar-refractivity contribution in [2.75, 3.05) is 10.2 Å². The van der Waals surface area contributed by atoms with Crippen LogP contribution in [0.15, 0.2) is 97.1 Å². The molecule has 0 aliphatic carbocycles. The quantitative estimate of drug-likeness (QED) is 0.592. The van der Waals surface area contributed by atoms with Gasteiger partial charge in [0.15, 0.2) is 0 Å². The van der Waals surface area contributed by atoms with Crippen LogP contribution < -0.4 is 15.5 Å². The Hall–Kier alpha value is -3.86. The Labute approximate surface area is 164 Å². The minimum absolute atomic E-state index is 0.270. The summed E-state index contributed by atoms with van der Waals surface area (Å²) in [5, 5.41) is 4.86. The van der Waals surface area contributed by atoms with Crippen molar-refractivity contribution in [3.05, 3.63) is 97.1 Å². The number of nitrogens with one attached hydrogen (secondary N) is 2. The second-order valence-electron chi connectivity index (χ2n) is 6.24. The first kappa shape index (κ1) is 18.9. The van der Waals surface area contributed by atoms with Crippen LogP contribution in [0.25, 0.3) is 0 Å². The van der Waals surface area contributed by atoms with Crippen molar-refractivity contribution in [1.82, 2.24) is 5.32 Å². The Morgan fingerprint density at radius 1 is 0.750 bits per heavy atom. The SMILES string of the molecule is C=C(C)C(=O)NC(=O)Nc1ccc(N(c2ccccc2)c2ccccc2)cc1. The van der Waals surface area contributed by atoms with Gasteiger partial charge >= 0.3 is 6.03 Å². The summed E-state index contributed by atoms with van der Waals surface area (Å²) in [6, 6.07) is 26.9. The van der Waals surface area contributed by atoms with Crippen LogP contribution in [0.5, 0.6) is 0 Å². The fraction of sp³-hybridized carbons (Fsp3) is 0.0435. The first-order chi connectivity index (χ1) is 13.5. The van der Waals surface area contributed by atoms with E-state index in [-0.39, 0.29) is 5.57 Å². The zero-order valence-electron chi connectivity index (χ0n) is 15.6. The molecule has 0 aliphatic heterocycles. The molecule has 28 heavy (non-hydrogen) atoms. The molecule has 140 valence electrons. The molecule has 0 bridgehead atoms. The predicted octanol–water partition coefficient (Wildman–Crippen LogP) is 5.38. The van der Waals surface area contributed by atoms with E-state index in [2.05, 4.69) is 22.1 Å². The molecule has 0 unspecified atom stereocenters. The van der Waals surface area contributed by atoms with Gasteiger partial charge in [-0.15, -0.1) is 0 Å². The topological polar surface area (TPSA) is 61.4 Å². The Balaban J connectivity index is 1.82. The van der Waals surface area contributed by atoms with E-state index in [1.165, 1.54) is 0 Å². The number of para-hydroxylation sites is 2. The molecule has 0 radical (unpaired) electrons. The van der Waals surface area contributed by atoms with Crippen LogP contribution in [0.1, 0.15) is 6.92 Å². The number of imide groups is 1. The first-order valence-corrected chi connectivity index (χ1v) is 8.83. The zero-order valence-corrected chi connectivity index (χ0v) is 15.6. The number of carbonyl (C=O) groups is 2. The Morgan fingerprint density at radius 3 is 1.68 bits per heavy atom. The van der Waals surface area contributed by atoms with Gasteiger partial charge in [0, 0.05) is 28.3 Å². The van der Waals surface area contributed by atoms with Crippen molar-refractivity contribution in [2.45, 2.75) is 6.92 Å². The van der Waals surface area contributed by atoms with Crippen LogP contribution in [0.4, 0.5) is 27.5 Å². The molecule has 3 aromatic carbocycles. The molecule has 0 spiro atoms. The standard InChI is InChI=1S/C23H21N3O2/c1-17(2)22(27)25-23(28)24-18-13-15-21(16-14-18)26(19-9-5-3-6-10-19)20-11-7-4-8-12-20/h3-16H,1H2,2H3,(H2,24,25,27,28). The fourth-order valence-corrected chi connectivity index (χ4v) is 2.67. The van der Waals surface area contributed by atoms with E-state index in [0.717, 1.165) is 17.1 Å². The number of amides is 3. The number of nitrogens with zero attached hydrogens (tertiary/aromatic N) is 1. The molecule has 0 aliphatic rings. The van der Waals surface area contributed by atoms with E-state index in [1.807, 2.05) is 72.8 Å². The Bertz CT molecular complexity index is 928. The molecule has 0 atom stereocenters. The highest BCUT2D eigenvalue weighted by Gasteiger charge is 2.12.